The SMILES string of the molecule is O=C(CCc1ccc(Br)cc1F)N1CCN(S(=O)(=O)c2ccc(Cl)s2)CC1. The van der Waals surface area contributed by atoms with Crippen molar-refractivity contribution in [3.8, 4) is 0 Å². The number of carbonyl (C=O) groups excluding carboxylic acids is 1. The minimum atomic E-state index is -3.58. The molecule has 10 heteroatoms. The fraction of sp³-hybridized carbons (Fsp3) is 0.353. The molecule has 0 bridgehead atoms. The Morgan fingerprint density at radius 3 is 2.48 bits per heavy atom. The zero-order valence-corrected chi connectivity index (χ0v) is 18.2. The molecule has 1 fully saturated rings. The van der Waals surface area contributed by atoms with E-state index in [2.05, 4.69) is 15.9 Å². The maximum absolute atomic E-state index is 13.9. The molecule has 1 aliphatic rings. The van der Waals surface area contributed by atoms with E-state index in [-0.39, 0.29) is 35.4 Å². The van der Waals surface area contributed by atoms with Crippen LogP contribution in [0.1, 0.15) is 12.0 Å². The van der Waals surface area contributed by atoms with Gasteiger partial charge in [-0.3, -0.25) is 4.79 Å². The minimum Gasteiger partial charge on any atom is -0.340 e. The monoisotopic (exact) mass is 494 g/mol. The Morgan fingerprint density at radius 2 is 1.89 bits per heavy atom. The second-order valence-corrected chi connectivity index (χ2v) is 10.9. The zero-order valence-electron chi connectivity index (χ0n) is 14.2. The average Bonchev–Trinajstić information content (AvgIpc) is 3.08. The van der Waals surface area contributed by atoms with Gasteiger partial charge >= 0.3 is 0 Å². The Labute approximate surface area is 174 Å². The summed E-state index contributed by atoms with van der Waals surface area (Å²) in [4.78, 5) is 14.0. The Hall–Kier alpha value is -1.000. The summed E-state index contributed by atoms with van der Waals surface area (Å²) >= 11 is 10.1. The summed E-state index contributed by atoms with van der Waals surface area (Å²) in [5.74, 6) is -0.448. The molecular formula is C17H17BrClFN2O3S2. The van der Waals surface area contributed by atoms with Gasteiger partial charge < -0.3 is 4.90 Å². The molecule has 3 rings (SSSR count). The summed E-state index contributed by atoms with van der Waals surface area (Å²) in [7, 11) is -3.58. The van der Waals surface area contributed by atoms with E-state index in [9.17, 15) is 17.6 Å². The smallest absolute Gasteiger partial charge is 0.252 e. The number of hydrogen-bond acceptors (Lipinski definition) is 4. The maximum atomic E-state index is 13.9. The highest BCUT2D eigenvalue weighted by Crippen LogP contribution is 2.28. The second kappa shape index (κ2) is 8.57. The first-order valence-electron chi connectivity index (χ1n) is 8.24. The van der Waals surface area contributed by atoms with Crippen molar-refractivity contribution >= 4 is 54.8 Å². The molecule has 2 aromatic rings. The van der Waals surface area contributed by atoms with Crippen LogP contribution in [0.25, 0.3) is 0 Å². The average molecular weight is 496 g/mol. The van der Waals surface area contributed by atoms with Crippen LogP contribution in [0.15, 0.2) is 39.0 Å². The third-order valence-electron chi connectivity index (χ3n) is 4.36. The highest BCUT2D eigenvalue weighted by atomic mass is 79.9. The number of aryl methyl sites for hydroxylation is 1. The summed E-state index contributed by atoms with van der Waals surface area (Å²) < 4.78 is 41.7. The molecule has 1 amide bonds. The van der Waals surface area contributed by atoms with Crippen molar-refractivity contribution in [2.45, 2.75) is 17.1 Å². The predicted octanol–water partition coefficient (Wildman–Crippen LogP) is 3.77. The van der Waals surface area contributed by atoms with E-state index < -0.39 is 10.0 Å². The van der Waals surface area contributed by atoms with Crippen LogP contribution in [0.3, 0.4) is 0 Å². The number of thiophene rings is 1. The number of nitrogens with zero attached hydrogens (tertiary/aromatic N) is 2. The lowest BCUT2D eigenvalue weighted by molar-refractivity contribution is -0.132. The Balaban J connectivity index is 1.55. The van der Waals surface area contributed by atoms with Gasteiger partial charge in [0.15, 0.2) is 0 Å². The van der Waals surface area contributed by atoms with Gasteiger partial charge in [-0.25, -0.2) is 12.8 Å². The van der Waals surface area contributed by atoms with Gasteiger partial charge in [-0.2, -0.15) is 4.31 Å². The van der Waals surface area contributed by atoms with Crippen LogP contribution in [0.2, 0.25) is 4.34 Å². The van der Waals surface area contributed by atoms with Crippen LogP contribution in [-0.4, -0.2) is 49.7 Å². The quantitative estimate of drug-likeness (QED) is 0.634. The van der Waals surface area contributed by atoms with Crippen molar-refractivity contribution < 1.29 is 17.6 Å². The van der Waals surface area contributed by atoms with Gasteiger partial charge in [0.25, 0.3) is 10.0 Å². The van der Waals surface area contributed by atoms with Crippen LogP contribution < -0.4 is 0 Å². The molecule has 0 spiro atoms. The lowest BCUT2D eigenvalue weighted by Crippen LogP contribution is -2.50. The van der Waals surface area contributed by atoms with Gasteiger partial charge in [0, 0.05) is 37.1 Å². The third kappa shape index (κ3) is 4.89. The molecular weight excluding hydrogens is 479 g/mol. The largest absolute Gasteiger partial charge is 0.340 e. The number of piperazine rings is 1. The molecule has 1 aliphatic heterocycles. The summed E-state index contributed by atoms with van der Waals surface area (Å²) in [5.41, 5.74) is 0.488. The Kier molecular flexibility index (Phi) is 6.58. The Morgan fingerprint density at radius 1 is 1.19 bits per heavy atom. The number of hydrogen-bond donors (Lipinski definition) is 0. The molecule has 1 aromatic carbocycles. The molecule has 0 atom stereocenters. The van der Waals surface area contributed by atoms with Crippen molar-refractivity contribution in [3.63, 3.8) is 0 Å². The van der Waals surface area contributed by atoms with E-state index in [0.717, 1.165) is 11.3 Å². The number of benzene rings is 1. The van der Waals surface area contributed by atoms with Crippen molar-refractivity contribution in [2.24, 2.45) is 0 Å². The molecule has 5 nitrogen and oxygen atoms in total. The number of rotatable bonds is 5. The number of carbonyl (C=O) groups is 1. The zero-order chi connectivity index (χ0) is 19.6. The van der Waals surface area contributed by atoms with Crippen LogP contribution in [-0.2, 0) is 21.2 Å². The predicted molar refractivity (Wildman–Crippen MR) is 107 cm³/mol. The number of amides is 1. The fourth-order valence-electron chi connectivity index (χ4n) is 2.87. The molecule has 0 unspecified atom stereocenters. The molecule has 0 saturated carbocycles. The molecule has 27 heavy (non-hydrogen) atoms. The summed E-state index contributed by atoms with van der Waals surface area (Å²) in [5, 5.41) is 0. The fourth-order valence-corrected chi connectivity index (χ4v) is 6.26. The van der Waals surface area contributed by atoms with Crippen LogP contribution in [0.4, 0.5) is 4.39 Å². The highest BCUT2D eigenvalue weighted by Gasteiger charge is 2.31. The van der Waals surface area contributed by atoms with Crippen molar-refractivity contribution in [2.75, 3.05) is 26.2 Å². The lowest BCUT2D eigenvalue weighted by Gasteiger charge is -2.33. The molecule has 0 aliphatic carbocycles. The molecule has 0 N–H and O–H groups in total. The molecule has 146 valence electrons. The van der Waals surface area contributed by atoms with Gasteiger partial charge in [0.1, 0.15) is 10.0 Å². The topological polar surface area (TPSA) is 57.7 Å². The van der Waals surface area contributed by atoms with E-state index >= 15 is 0 Å². The van der Waals surface area contributed by atoms with Crippen molar-refractivity contribution in [1.82, 2.24) is 9.21 Å². The lowest BCUT2D eigenvalue weighted by atomic mass is 10.1. The number of sulfonamides is 1. The molecule has 1 aromatic heterocycles. The Bertz CT molecular complexity index is 943. The summed E-state index contributed by atoms with van der Waals surface area (Å²) in [6.07, 6.45) is 0.496. The van der Waals surface area contributed by atoms with E-state index in [0.29, 0.717) is 33.9 Å². The minimum absolute atomic E-state index is 0.103. The van der Waals surface area contributed by atoms with Gasteiger partial charge in [0.2, 0.25) is 5.91 Å². The third-order valence-corrected chi connectivity index (χ3v) is 8.45. The molecule has 1 saturated heterocycles. The van der Waals surface area contributed by atoms with Gasteiger partial charge in [-0.1, -0.05) is 33.6 Å². The van der Waals surface area contributed by atoms with E-state index in [4.69, 9.17) is 11.6 Å². The second-order valence-electron chi connectivity index (χ2n) is 6.08. The van der Waals surface area contributed by atoms with E-state index in [1.807, 2.05) is 0 Å². The maximum Gasteiger partial charge on any atom is 0.252 e. The summed E-state index contributed by atoms with van der Waals surface area (Å²) in [6, 6.07) is 7.82. The van der Waals surface area contributed by atoms with Gasteiger partial charge in [-0.15, -0.1) is 11.3 Å². The van der Waals surface area contributed by atoms with Gasteiger partial charge in [-0.05, 0) is 36.2 Å². The van der Waals surface area contributed by atoms with Crippen LogP contribution >= 0.6 is 38.9 Å². The number of halogens is 3. The molecule has 0 radical (unpaired) electrons. The van der Waals surface area contributed by atoms with E-state index in [1.54, 1.807) is 23.1 Å². The van der Waals surface area contributed by atoms with Gasteiger partial charge in [0.05, 0.1) is 4.34 Å². The first-order valence-corrected chi connectivity index (χ1v) is 11.7. The van der Waals surface area contributed by atoms with E-state index in [1.165, 1.54) is 16.4 Å². The van der Waals surface area contributed by atoms with Crippen LogP contribution in [0.5, 0.6) is 0 Å². The molecule has 2 heterocycles. The standard InChI is InChI=1S/C17H17BrClFN2O3S2/c18-13-3-1-12(14(20)11-13)2-5-16(23)21-7-9-22(10-8-21)27(24,25)17-6-4-15(19)26-17/h1,3-4,6,11H,2,5,7-10H2. The summed E-state index contributed by atoms with van der Waals surface area (Å²) in [6.45, 7) is 1.10. The normalized spacial score (nSPS) is 15.9. The van der Waals surface area contributed by atoms with Crippen LogP contribution in [0, 0.1) is 5.82 Å². The van der Waals surface area contributed by atoms with Crippen molar-refractivity contribution in [3.05, 3.63) is 50.5 Å². The first kappa shape index (κ1) is 20.7. The van der Waals surface area contributed by atoms with Crippen molar-refractivity contribution in [1.29, 1.82) is 0 Å². The first-order chi connectivity index (χ1) is 12.8. The highest BCUT2D eigenvalue weighted by molar-refractivity contribution is 9.10.